The predicted octanol–water partition coefficient (Wildman–Crippen LogP) is 1.52. The van der Waals surface area contributed by atoms with E-state index in [0.717, 1.165) is 32.5 Å². The van der Waals surface area contributed by atoms with Gasteiger partial charge in [-0.2, -0.15) is 0 Å². The molecule has 1 unspecified atom stereocenters. The molecule has 0 aliphatic carbocycles. The lowest BCUT2D eigenvalue weighted by atomic mass is 9.96. The molecule has 0 aromatic rings. The van der Waals surface area contributed by atoms with Gasteiger partial charge in [0.2, 0.25) is 5.91 Å². The quantitative estimate of drug-likeness (QED) is 0.694. The molecule has 1 amide bonds. The molecular formula is C15H28N2O3. The highest BCUT2D eigenvalue weighted by atomic mass is 16.5. The lowest BCUT2D eigenvalue weighted by molar-refractivity contribution is -0.151. The normalized spacial score (nSPS) is 21.3. The van der Waals surface area contributed by atoms with Crippen molar-refractivity contribution in [3.8, 4) is 0 Å². The molecule has 5 heteroatoms. The molecule has 20 heavy (non-hydrogen) atoms. The number of rotatable bonds is 6. The molecule has 1 saturated heterocycles. The van der Waals surface area contributed by atoms with Gasteiger partial charge in [0.25, 0.3) is 0 Å². The summed E-state index contributed by atoms with van der Waals surface area (Å²) in [5.74, 6) is -0.0603. The van der Waals surface area contributed by atoms with Gasteiger partial charge < -0.3 is 9.64 Å². The van der Waals surface area contributed by atoms with E-state index in [0.29, 0.717) is 13.2 Å². The molecule has 1 aliphatic heterocycles. The first-order valence-electron chi connectivity index (χ1n) is 7.74. The highest BCUT2D eigenvalue weighted by Crippen LogP contribution is 2.20. The minimum atomic E-state index is -0.160. The fourth-order valence-corrected chi connectivity index (χ4v) is 2.77. The zero-order valence-corrected chi connectivity index (χ0v) is 13.2. The van der Waals surface area contributed by atoms with E-state index in [1.54, 1.807) is 0 Å². The van der Waals surface area contributed by atoms with Crippen LogP contribution in [0.5, 0.6) is 0 Å². The Balaban J connectivity index is 2.62. The number of piperidine rings is 1. The highest BCUT2D eigenvalue weighted by molar-refractivity contribution is 5.81. The maximum Gasteiger partial charge on any atom is 0.310 e. The Hall–Kier alpha value is -1.10. The van der Waals surface area contributed by atoms with E-state index in [9.17, 15) is 9.59 Å². The molecule has 1 fully saturated rings. The summed E-state index contributed by atoms with van der Waals surface area (Å²) in [7, 11) is 0. The van der Waals surface area contributed by atoms with E-state index in [2.05, 4.69) is 4.90 Å². The molecule has 1 aliphatic rings. The molecule has 0 saturated carbocycles. The van der Waals surface area contributed by atoms with Crippen molar-refractivity contribution in [1.29, 1.82) is 0 Å². The summed E-state index contributed by atoms with van der Waals surface area (Å²) in [5, 5.41) is 0. The van der Waals surface area contributed by atoms with Crippen molar-refractivity contribution in [2.75, 3.05) is 32.8 Å². The molecule has 0 N–H and O–H groups in total. The Morgan fingerprint density at radius 2 is 1.95 bits per heavy atom. The predicted molar refractivity (Wildman–Crippen MR) is 78.3 cm³/mol. The molecule has 1 rings (SSSR count). The van der Waals surface area contributed by atoms with Crippen LogP contribution in [0.4, 0.5) is 0 Å². The minimum absolute atomic E-state index is 0.0874. The van der Waals surface area contributed by atoms with Crippen LogP contribution in [-0.2, 0) is 14.3 Å². The van der Waals surface area contributed by atoms with Crippen LogP contribution in [0.1, 0.15) is 40.5 Å². The van der Waals surface area contributed by atoms with Gasteiger partial charge in [-0.15, -0.1) is 0 Å². The van der Waals surface area contributed by atoms with Crippen LogP contribution < -0.4 is 0 Å². The first kappa shape index (κ1) is 17.0. The van der Waals surface area contributed by atoms with Crippen LogP contribution in [0.15, 0.2) is 0 Å². The smallest absolute Gasteiger partial charge is 0.310 e. The molecule has 1 heterocycles. The third kappa shape index (κ3) is 4.20. The van der Waals surface area contributed by atoms with Crippen LogP contribution in [0.3, 0.4) is 0 Å². The van der Waals surface area contributed by atoms with Gasteiger partial charge in [0.1, 0.15) is 0 Å². The first-order valence-corrected chi connectivity index (χ1v) is 7.74. The van der Waals surface area contributed by atoms with Crippen LogP contribution in [0, 0.1) is 5.92 Å². The summed E-state index contributed by atoms with van der Waals surface area (Å²) < 4.78 is 5.10. The number of hydrogen-bond donors (Lipinski definition) is 0. The Kier molecular flexibility index (Phi) is 6.99. The zero-order chi connectivity index (χ0) is 15.1. The van der Waals surface area contributed by atoms with E-state index in [1.807, 2.05) is 32.6 Å². The highest BCUT2D eigenvalue weighted by Gasteiger charge is 2.32. The third-order valence-electron chi connectivity index (χ3n) is 4.05. The summed E-state index contributed by atoms with van der Waals surface area (Å²) in [6, 6.07) is -0.160. The molecule has 5 nitrogen and oxygen atoms in total. The van der Waals surface area contributed by atoms with Crippen molar-refractivity contribution >= 4 is 11.9 Å². The average Bonchev–Trinajstić information content (AvgIpc) is 2.48. The lowest BCUT2D eigenvalue weighted by Crippen LogP contribution is -2.51. The van der Waals surface area contributed by atoms with Crippen molar-refractivity contribution in [2.45, 2.75) is 46.6 Å². The van der Waals surface area contributed by atoms with E-state index in [-0.39, 0.29) is 23.8 Å². The van der Waals surface area contributed by atoms with E-state index in [4.69, 9.17) is 4.74 Å². The van der Waals surface area contributed by atoms with Gasteiger partial charge in [-0.1, -0.05) is 0 Å². The average molecular weight is 284 g/mol. The number of nitrogens with zero attached hydrogens (tertiary/aromatic N) is 2. The fraction of sp³-hybridized carbons (Fsp3) is 0.867. The standard InChI is InChI=1S/C15H28N2O3/c1-5-16(6-2)14(18)12(4)17-10-8-9-13(11-17)15(19)20-7-3/h12-13H,5-11H2,1-4H3/t12?,13-/m1/s1. The molecule has 116 valence electrons. The number of hydrogen-bond acceptors (Lipinski definition) is 4. The van der Waals surface area contributed by atoms with Crippen LogP contribution in [-0.4, -0.2) is 60.5 Å². The monoisotopic (exact) mass is 284 g/mol. The lowest BCUT2D eigenvalue weighted by Gasteiger charge is -2.36. The van der Waals surface area contributed by atoms with Crippen molar-refractivity contribution < 1.29 is 14.3 Å². The number of likely N-dealkylation sites (tertiary alicyclic amines) is 1. The van der Waals surface area contributed by atoms with Gasteiger partial charge >= 0.3 is 5.97 Å². The number of carbonyl (C=O) groups is 2. The Morgan fingerprint density at radius 1 is 1.30 bits per heavy atom. The molecule has 0 aromatic heterocycles. The van der Waals surface area contributed by atoms with Gasteiger partial charge in [0.15, 0.2) is 0 Å². The topological polar surface area (TPSA) is 49.9 Å². The molecule has 0 aromatic carbocycles. The molecular weight excluding hydrogens is 256 g/mol. The Bertz CT molecular complexity index is 329. The molecule has 0 radical (unpaired) electrons. The summed E-state index contributed by atoms with van der Waals surface area (Å²) in [4.78, 5) is 28.2. The summed E-state index contributed by atoms with van der Waals surface area (Å²) in [6.07, 6.45) is 1.81. The van der Waals surface area contributed by atoms with Crippen LogP contribution in [0.25, 0.3) is 0 Å². The Morgan fingerprint density at radius 3 is 2.50 bits per heavy atom. The van der Waals surface area contributed by atoms with Crippen molar-refractivity contribution in [1.82, 2.24) is 9.80 Å². The second kappa shape index (κ2) is 8.25. The number of amides is 1. The third-order valence-corrected chi connectivity index (χ3v) is 4.05. The molecule has 0 spiro atoms. The Labute approximate surface area is 122 Å². The van der Waals surface area contributed by atoms with Gasteiger partial charge in [0.05, 0.1) is 18.6 Å². The number of carbonyl (C=O) groups excluding carboxylic acids is 2. The first-order chi connectivity index (χ1) is 9.54. The van der Waals surface area contributed by atoms with E-state index >= 15 is 0 Å². The summed E-state index contributed by atoms with van der Waals surface area (Å²) >= 11 is 0. The van der Waals surface area contributed by atoms with Crippen molar-refractivity contribution in [3.63, 3.8) is 0 Å². The SMILES string of the molecule is CCOC(=O)[C@@H]1CCCN(C(C)C(=O)N(CC)CC)C1. The number of likely N-dealkylation sites (N-methyl/N-ethyl adjacent to an activating group) is 1. The molecule has 0 bridgehead atoms. The maximum atomic E-state index is 12.4. The van der Waals surface area contributed by atoms with Crippen molar-refractivity contribution in [3.05, 3.63) is 0 Å². The largest absolute Gasteiger partial charge is 0.466 e. The fourth-order valence-electron chi connectivity index (χ4n) is 2.77. The second-order valence-electron chi connectivity index (χ2n) is 5.27. The second-order valence-corrected chi connectivity index (χ2v) is 5.27. The van der Waals surface area contributed by atoms with Gasteiger partial charge in [-0.05, 0) is 47.1 Å². The summed E-state index contributed by atoms with van der Waals surface area (Å²) in [5.41, 5.74) is 0. The van der Waals surface area contributed by atoms with Crippen LogP contribution in [0.2, 0.25) is 0 Å². The van der Waals surface area contributed by atoms with E-state index in [1.165, 1.54) is 0 Å². The zero-order valence-electron chi connectivity index (χ0n) is 13.2. The van der Waals surface area contributed by atoms with Gasteiger partial charge in [-0.25, -0.2) is 0 Å². The van der Waals surface area contributed by atoms with Crippen molar-refractivity contribution in [2.24, 2.45) is 5.92 Å². The van der Waals surface area contributed by atoms with Gasteiger partial charge in [-0.3, -0.25) is 14.5 Å². The summed E-state index contributed by atoms with van der Waals surface area (Å²) in [6.45, 7) is 11.1. The molecule has 2 atom stereocenters. The number of esters is 1. The van der Waals surface area contributed by atoms with E-state index < -0.39 is 0 Å². The maximum absolute atomic E-state index is 12.4. The minimum Gasteiger partial charge on any atom is -0.466 e. The van der Waals surface area contributed by atoms with Crippen LogP contribution >= 0.6 is 0 Å². The number of ether oxygens (including phenoxy) is 1. The van der Waals surface area contributed by atoms with Gasteiger partial charge in [0, 0.05) is 19.6 Å².